The predicted octanol–water partition coefficient (Wildman–Crippen LogP) is 6.23. The molecule has 8 heteroatoms. The van der Waals surface area contributed by atoms with Crippen molar-refractivity contribution in [2.24, 2.45) is 17.8 Å². The Hall–Kier alpha value is -2.41. The zero-order valence-electron chi connectivity index (χ0n) is 15.7. The first-order valence-corrected chi connectivity index (χ1v) is 10.3. The maximum atomic E-state index is 12.7. The lowest BCUT2D eigenvalue weighted by Gasteiger charge is -2.44. The molecule has 0 aromatic heterocycles. The standard InChI is InChI=1S/C22H19ClF3NO3/c23-13-8-15-17-10-4-5-11(6-10)18(17)19(27-20(15)16(9-13)21(28)29)12-2-1-3-14(7-12)30-22(24,25)26/h1-3,7-11,17-19,27H,4-6H2,(H,28,29)/t10-,11+,17+,18+,19-/m0/s1. The second kappa shape index (κ2) is 6.80. The van der Waals surface area contributed by atoms with Crippen molar-refractivity contribution < 1.29 is 27.8 Å². The minimum Gasteiger partial charge on any atom is -0.478 e. The van der Waals surface area contributed by atoms with E-state index in [4.69, 9.17) is 11.6 Å². The molecule has 2 aromatic rings. The number of anilines is 1. The van der Waals surface area contributed by atoms with Crippen molar-refractivity contribution in [1.29, 1.82) is 0 Å². The first-order chi connectivity index (χ1) is 14.2. The Labute approximate surface area is 176 Å². The summed E-state index contributed by atoms with van der Waals surface area (Å²) in [6.45, 7) is 0. The average Bonchev–Trinajstić information content (AvgIpc) is 3.28. The Bertz CT molecular complexity index is 1030. The number of aromatic carboxylic acids is 1. The van der Waals surface area contributed by atoms with Gasteiger partial charge >= 0.3 is 12.3 Å². The lowest BCUT2D eigenvalue weighted by Crippen LogP contribution is -2.36. The Kier molecular flexibility index (Phi) is 4.43. The highest BCUT2D eigenvalue weighted by Crippen LogP contribution is 2.64. The third-order valence-corrected chi connectivity index (χ3v) is 7.06. The molecule has 0 radical (unpaired) electrons. The predicted molar refractivity (Wildman–Crippen MR) is 105 cm³/mol. The van der Waals surface area contributed by atoms with Crippen LogP contribution in [0.25, 0.3) is 0 Å². The van der Waals surface area contributed by atoms with Crippen molar-refractivity contribution in [2.75, 3.05) is 5.32 Å². The molecule has 1 aliphatic heterocycles. The summed E-state index contributed by atoms with van der Waals surface area (Å²) < 4.78 is 42.3. The van der Waals surface area contributed by atoms with Crippen molar-refractivity contribution in [3.63, 3.8) is 0 Å². The number of halogens is 4. The van der Waals surface area contributed by atoms with Crippen LogP contribution in [0.2, 0.25) is 5.02 Å². The molecular weight excluding hydrogens is 419 g/mol. The Morgan fingerprint density at radius 3 is 2.67 bits per heavy atom. The molecule has 5 rings (SSSR count). The number of ether oxygens (including phenoxy) is 1. The number of carboxylic acids is 1. The second-order valence-electron chi connectivity index (χ2n) is 8.40. The van der Waals surface area contributed by atoms with Gasteiger partial charge in [-0.05, 0) is 78.3 Å². The van der Waals surface area contributed by atoms with E-state index in [0.717, 1.165) is 24.8 Å². The molecule has 30 heavy (non-hydrogen) atoms. The minimum absolute atomic E-state index is 0.0893. The van der Waals surface area contributed by atoms with E-state index < -0.39 is 12.3 Å². The van der Waals surface area contributed by atoms with Crippen LogP contribution >= 0.6 is 11.6 Å². The van der Waals surface area contributed by atoms with Crippen LogP contribution in [0.3, 0.4) is 0 Å². The van der Waals surface area contributed by atoms with E-state index in [0.29, 0.717) is 28.1 Å². The van der Waals surface area contributed by atoms with Crippen molar-refractivity contribution in [3.05, 3.63) is 58.1 Å². The number of rotatable bonds is 3. The van der Waals surface area contributed by atoms with Gasteiger partial charge in [-0.2, -0.15) is 0 Å². The highest BCUT2D eigenvalue weighted by atomic mass is 35.5. The molecule has 4 nitrogen and oxygen atoms in total. The fourth-order valence-electron chi connectivity index (χ4n) is 5.96. The van der Waals surface area contributed by atoms with E-state index in [-0.39, 0.29) is 29.2 Å². The van der Waals surface area contributed by atoms with E-state index in [2.05, 4.69) is 10.1 Å². The maximum Gasteiger partial charge on any atom is 0.573 e. The van der Waals surface area contributed by atoms with Gasteiger partial charge in [0.15, 0.2) is 0 Å². The largest absolute Gasteiger partial charge is 0.573 e. The Morgan fingerprint density at radius 2 is 1.93 bits per heavy atom. The summed E-state index contributed by atoms with van der Waals surface area (Å²) in [5.41, 5.74) is 2.19. The van der Waals surface area contributed by atoms with Gasteiger partial charge in [0.25, 0.3) is 0 Å². The molecule has 2 aromatic carbocycles. The lowest BCUT2D eigenvalue weighted by atomic mass is 9.67. The van der Waals surface area contributed by atoms with Crippen LogP contribution in [0.5, 0.6) is 5.75 Å². The van der Waals surface area contributed by atoms with Gasteiger partial charge in [-0.25, -0.2) is 4.79 Å². The van der Waals surface area contributed by atoms with Crippen LogP contribution in [0.15, 0.2) is 36.4 Å². The zero-order valence-corrected chi connectivity index (χ0v) is 16.5. The highest BCUT2D eigenvalue weighted by Gasteiger charge is 2.54. The molecule has 2 bridgehead atoms. The second-order valence-corrected chi connectivity index (χ2v) is 8.84. The summed E-state index contributed by atoms with van der Waals surface area (Å²) in [6.07, 6.45) is -1.58. The number of alkyl halides is 3. The van der Waals surface area contributed by atoms with Gasteiger partial charge in [0.2, 0.25) is 0 Å². The molecule has 158 valence electrons. The maximum absolute atomic E-state index is 12.7. The Balaban J connectivity index is 1.62. The summed E-state index contributed by atoms with van der Waals surface area (Å²) in [7, 11) is 0. The topological polar surface area (TPSA) is 58.6 Å². The van der Waals surface area contributed by atoms with E-state index in [1.54, 1.807) is 6.07 Å². The molecule has 0 saturated heterocycles. The molecule has 2 aliphatic carbocycles. The van der Waals surface area contributed by atoms with Crippen LogP contribution in [-0.4, -0.2) is 17.4 Å². The first kappa shape index (κ1) is 19.5. The highest BCUT2D eigenvalue weighted by molar-refractivity contribution is 6.31. The summed E-state index contributed by atoms with van der Waals surface area (Å²) in [5.74, 6) is -0.202. The fraction of sp³-hybridized carbons (Fsp3) is 0.409. The SMILES string of the molecule is O=C(O)c1cc(Cl)cc2c1N[C@@H](c1cccc(OC(F)(F)F)c1)[C@@H]1[C@@H]3CC[C@@H](C3)[C@H]21. The zero-order chi connectivity index (χ0) is 21.2. The lowest BCUT2D eigenvalue weighted by molar-refractivity contribution is -0.274. The number of carboxylic acid groups (broad SMARTS) is 1. The van der Waals surface area contributed by atoms with Crippen LogP contribution < -0.4 is 10.1 Å². The minimum atomic E-state index is -4.77. The summed E-state index contributed by atoms with van der Waals surface area (Å²) in [6, 6.07) is 8.94. The summed E-state index contributed by atoms with van der Waals surface area (Å²) >= 11 is 6.24. The van der Waals surface area contributed by atoms with Crippen LogP contribution in [0.4, 0.5) is 18.9 Å². The van der Waals surface area contributed by atoms with Gasteiger partial charge in [-0.1, -0.05) is 23.7 Å². The third-order valence-electron chi connectivity index (χ3n) is 6.84. The van der Waals surface area contributed by atoms with Crippen molar-refractivity contribution in [2.45, 2.75) is 37.6 Å². The molecule has 1 heterocycles. The Morgan fingerprint density at radius 1 is 1.17 bits per heavy atom. The number of benzene rings is 2. The van der Waals surface area contributed by atoms with Crippen molar-refractivity contribution in [1.82, 2.24) is 0 Å². The van der Waals surface area contributed by atoms with E-state index in [1.165, 1.54) is 24.3 Å². The normalized spacial score (nSPS) is 29.1. The number of hydrogen-bond acceptors (Lipinski definition) is 3. The van der Waals surface area contributed by atoms with Gasteiger partial charge < -0.3 is 15.2 Å². The molecule has 0 unspecified atom stereocenters. The summed E-state index contributed by atoms with van der Waals surface area (Å²) in [5, 5.41) is 13.5. The van der Waals surface area contributed by atoms with Crippen LogP contribution in [0, 0.1) is 17.8 Å². The van der Waals surface area contributed by atoms with Gasteiger partial charge in [0, 0.05) is 5.02 Å². The molecule has 5 atom stereocenters. The first-order valence-electron chi connectivity index (χ1n) is 9.90. The smallest absolute Gasteiger partial charge is 0.478 e. The van der Waals surface area contributed by atoms with Crippen LogP contribution in [-0.2, 0) is 0 Å². The number of fused-ring (bicyclic) bond motifs is 7. The average molecular weight is 438 g/mol. The quantitative estimate of drug-likeness (QED) is 0.597. The van der Waals surface area contributed by atoms with Crippen LogP contribution in [0.1, 0.15) is 52.7 Å². The molecule has 2 saturated carbocycles. The molecule has 3 aliphatic rings. The third kappa shape index (κ3) is 3.20. The van der Waals surface area contributed by atoms with Crippen molar-refractivity contribution >= 4 is 23.3 Å². The monoisotopic (exact) mass is 437 g/mol. The van der Waals surface area contributed by atoms with Crippen molar-refractivity contribution in [3.8, 4) is 5.75 Å². The molecule has 0 spiro atoms. The molecule has 2 N–H and O–H groups in total. The molecular formula is C22H19ClF3NO3. The van der Waals surface area contributed by atoms with Gasteiger partial charge in [-0.3, -0.25) is 0 Å². The number of nitrogens with one attached hydrogen (secondary N) is 1. The van der Waals surface area contributed by atoms with Gasteiger partial charge in [0.1, 0.15) is 5.75 Å². The molecule has 0 amide bonds. The fourth-order valence-corrected chi connectivity index (χ4v) is 6.19. The van der Waals surface area contributed by atoms with E-state index in [9.17, 15) is 23.1 Å². The number of carbonyl (C=O) groups is 1. The van der Waals surface area contributed by atoms with Gasteiger partial charge in [-0.15, -0.1) is 13.2 Å². The summed E-state index contributed by atoms with van der Waals surface area (Å²) in [4.78, 5) is 11.9. The number of hydrogen-bond donors (Lipinski definition) is 2. The molecule has 2 fully saturated rings. The van der Waals surface area contributed by atoms with E-state index in [1.807, 2.05) is 6.07 Å². The van der Waals surface area contributed by atoms with E-state index >= 15 is 0 Å². The van der Waals surface area contributed by atoms with Gasteiger partial charge in [0.05, 0.1) is 17.3 Å².